The quantitative estimate of drug-likeness (QED) is 0.417. The standard InChI is InChI=1S/C26H33N3O3/c1-5-14-31-20-10-11-21-22(15-20)29(17(2)3)24(23(21)27)18-6-8-19(9-7-18)28-25(30)32-16-26(4)12-13-26/h6-11,15,17H,5,12-14,16,27H2,1-4H3,(H,28,30). The van der Waals surface area contributed by atoms with Crippen molar-refractivity contribution in [2.24, 2.45) is 5.41 Å². The first-order valence-corrected chi connectivity index (χ1v) is 11.4. The predicted octanol–water partition coefficient (Wildman–Crippen LogP) is 6.61. The summed E-state index contributed by atoms with van der Waals surface area (Å²) in [4.78, 5) is 12.1. The molecular weight excluding hydrogens is 402 g/mol. The number of carbonyl (C=O) groups is 1. The van der Waals surface area contributed by atoms with Gasteiger partial charge in [0.2, 0.25) is 0 Å². The van der Waals surface area contributed by atoms with Crippen LogP contribution in [0.25, 0.3) is 22.2 Å². The normalized spacial score (nSPS) is 14.5. The van der Waals surface area contributed by atoms with E-state index in [1.165, 1.54) is 0 Å². The molecule has 0 atom stereocenters. The monoisotopic (exact) mass is 435 g/mol. The minimum Gasteiger partial charge on any atom is -0.494 e. The molecule has 0 spiro atoms. The Kier molecular flexibility index (Phi) is 6.04. The average molecular weight is 436 g/mol. The van der Waals surface area contributed by atoms with Crippen LogP contribution in [0, 0.1) is 5.41 Å². The summed E-state index contributed by atoms with van der Waals surface area (Å²) in [7, 11) is 0. The van der Waals surface area contributed by atoms with E-state index in [0.717, 1.165) is 52.9 Å². The van der Waals surface area contributed by atoms with E-state index in [9.17, 15) is 4.79 Å². The van der Waals surface area contributed by atoms with Crippen LogP contribution in [0.2, 0.25) is 0 Å². The molecule has 0 aliphatic heterocycles. The van der Waals surface area contributed by atoms with Crippen molar-refractivity contribution in [3.8, 4) is 17.0 Å². The van der Waals surface area contributed by atoms with Crippen molar-refractivity contribution in [2.45, 2.75) is 53.0 Å². The van der Waals surface area contributed by atoms with Crippen LogP contribution >= 0.6 is 0 Å². The topological polar surface area (TPSA) is 78.5 Å². The first-order chi connectivity index (χ1) is 15.3. The second kappa shape index (κ2) is 8.77. The van der Waals surface area contributed by atoms with Crippen LogP contribution in [0.1, 0.15) is 53.0 Å². The Hall–Kier alpha value is -3.15. The Balaban J connectivity index is 1.60. The lowest BCUT2D eigenvalue weighted by Gasteiger charge is -2.16. The molecule has 2 aromatic carbocycles. The van der Waals surface area contributed by atoms with Crippen LogP contribution in [0.15, 0.2) is 42.5 Å². The van der Waals surface area contributed by atoms with E-state index < -0.39 is 6.09 Å². The van der Waals surface area contributed by atoms with Crippen molar-refractivity contribution in [2.75, 3.05) is 24.3 Å². The number of ether oxygens (including phenoxy) is 2. The maximum Gasteiger partial charge on any atom is 0.411 e. The van der Waals surface area contributed by atoms with Crippen LogP contribution in [0.4, 0.5) is 16.2 Å². The summed E-state index contributed by atoms with van der Waals surface area (Å²) in [6.45, 7) is 9.67. The van der Waals surface area contributed by atoms with E-state index >= 15 is 0 Å². The van der Waals surface area contributed by atoms with Gasteiger partial charge in [-0.1, -0.05) is 26.0 Å². The fourth-order valence-corrected chi connectivity index (χ4v) is 3.92. The Morgan fingerprint density at radius 2 is 1.91 bits per heavy atom. The van der Waals surface area contributed by atoms with Crippen LogP contribution in [0.5, 0.6) is 5.75 Å². The number of hydrogen-bond donors (Lipinski definition) is 2. The molecule has 4 rings (SSSR count). The van der Waals surface area contributed by atoms with Crippen molar-refractivity contribution in [1.29, 1.82) is 0 Å². The molecule has 1 heterocycles. The van der Waals surface area contributed by atoms with Crippen LogP contribution < -0.4 is 15.8 Å². The number of benzene rings is 2. The number of aromatic nitrogens is 1. The Bertz CT molecular complexity index is 1110. The summed E-state index contributed by atoms with van der Waals surface area (Å²) in [6.07, 6.45) is 2.78. The molecule has 0 unspecified atom stereocenters. The number of nitrogen functional groups attached to an aromatic ring is 1. The minimum absolute atomic E-state index is 0.171. The van der Waals surface area contributed by atoms with Gasteiger partial charge in [0.05, 0.1) is 30.1 Å². The molecule has 1 fully saturated rings. The van der Waals surface area contributed by atoms with Gasteiger partial charge in [-0.15, -0.1) is 0 Å². The minimum atomic E-state index is -0.415. The summed E-state index contributed by atoms with van der Waals surface area (Å²) in [6, 6.07) is 14.0. The van der Waals surface area contributed by atoms with Crippen molar-refractivity contribution >= 4 is 28.4 Å². The zero-order valence-corrected chi connectivity index (χ0v) is 19.4. The Labute approximate surface area is 189 Å². The molecule has 1 saturated carbocycles. The third-order valence-corrected chi connectivity index (χ3v) is 6.06. The lowest BCUT2D eigenvalue weighted by Crippen LogP contribution is -2.18. The predicted molar refractivity (Wildman–Crippen MR) is 130 cm³/mol. The smallest absolute Gasteiger partial charge is 0.411 e. The SMILES string of the molecule is CCCOc1ccc2c(N)c(-c3ccc(NC(=O)OCC4(C)CC4)cc3)n(C(C)C)c2c1. The van der Waals surface area contributed by atoms with Gasteiger partial charge in [-0.3, -0.25) is 5.32 Å². The van der Waals surface area contributed by atoms with E-state index in [2.05, 4.69) is 43.6 Å². The number of nitrogens with two attached hydrogens (primary N) is 1. The van der Waals surface area contributed by atoms with Crippen molar-refractivity contribution < 1.29 is 14.3 Å². The molecule has 6 heteroatoms. The fourth-order valence-electron chi connectivity index (χ4n) is 3.92. The summed E-state index contributed by atoms with van der Waals surface area (Å²) in [5.74, 6) is 0.850. The van der Waals surface area contributed by atoms with Gasteiger partial charge < -0.3 is 19.8 Å². The van der Waals surface area contributed by atoms with Crippen LogP contribution in [-0.2, 0) is 4.74 Å². The zero-order valence-electron chi connectivity index (χ0n) is 19.4. The Morgan fingerprint density at radius 3 is 2.53 bits per heavy atom. The van der Waals surface area contributed by atoms with Gasteiger partial charge in [-0.05, 0) is 57.4 Å². The molecule has 32 heavy (non-hydrogen) atoms. The average Bonchev–Trinajstić information content (AvgIpc) is 3.44. The summed E-state index contributed by atoms with van der Waals surface area (Å²) < 4.78 is 13.4. The lowest BCUT2D eigenvalue weighted by molar-refractivity contribution is 0.139. The molecule has 1 aromatic heterocycles. The van der Waals surface area contributed by atoms with Crippen LogP contribution in [-0.4, -0.2) is 23.9 Å². The molecule has 3 aromatic rings. The number of rotatable bonds is 8. The first-order valence-electron chi connectivity index (χ1n) is 11.4. The molecule has 1 amide bonds. The molecule has 1 aliphatic carbocycles. The molecule has 170 valence electrons. The third kappa shape index (κ3) is 4.54. The largest absolute Gasteiger partial charge is 0.494 e. The zero-order chi connectivity index (χ0) is 22.9. The number of anilines is 2. The van der Waals surface area contributed by atoms with Gasteiger partial charge >= 0.3 is 6.09 Å². The lowest BCUT2D eigenvalue weighted by atomic mass is 10.1. The summed E-state index contributed by atoms with van der Waals surface area (Å²) in [5, 5.41) is 3.82. The van der Waals surface area contributed by atoms with Gasteiger partial charge in [0.15, 0.2) is 0 Å². The van der Waals surface area contributed by atoms with Gasteiger partial charge in [-0.25, -0.2) is 4.79 Å². The van der Waals surface area contributed by atoms with E-state index in [-0.39, 0.29) is 11.5 Å². The second-order valence-corrected chi connectivity index (χ2v) is 9.34. The highest BCUT2D eigenvalue weighted by Gasteiger charge is 2.38. The van der Waals surface area contributed by atoms with E-state index in [0.29, 0.717) is 18.9 Å². The van der Waals surface area contributed by atoms with E-state index in [1.54, 1.807) is 0 Å². The molecule has 0 radical (unpaired) electrons. The van der Waals surface area contributed by atoms with Crippen molar-refractivity contribution in [3.63, 3.8) is 0 Å². The molecule has 1 aliphatic rings. The number of nitrogens with one attached hydrogen (secondary N) is 1. The highest BCUT2D eigenvalue weighted by Crippen LogP contribution is 2.45. The number of nitrogens with zero attached hydrogens (tertiary/aromatic N) is 1. The number of fused-ring (bicyclic) bond motifs is 1. The van der Waals surface area contributed by atoms with E-state index in [1.807, 2.05) is 36.4 Å². The van der Waals surface area contributed by atoms with Crippen LogP contribution in [0.3, 0.4) is 0 Å². The highest BCUT2D eigenvalue weighted by atomic mass is 16.5. The highest BCUT2D eigenvalue weighted by molar-refractivity contribution is 6.01. The fraction of sp³-hybridized carbons (Fsp3) is 0.423. The molecule has 6 nitrogen and oxygen atoms in total. The number of amides is 1. The first kappa shape index (κ1) is 22.1. The molecule has 0 bridgehead atoms. The number of hydrogen-bond acceptors (Lipinski definition) is 4. The molecule has 3 N–H and O–H groups in total. The third-order valence-electron chi connectivity index (χ3n) is 6.06. The van der Waals surface area contributed by atoms with Gasteiger partial charge in [-0.2, -0.15) is 0 Å². The van der Waals surface area contributed by atoms with E-state index in [4.69, 9.17) is 15.2 Å². The molecule has 0 saturated heterocycles. The summed E-state index contributed by atoms with van der Waals surface area (Å²) >= 11 is 0. The maximum absolute atomic E-state index is 12.1. The number of carbonyl (C=O) groups excluding carboxylic acids is 1. The van der Waals surface area contributed by atoms with Crippen molar-refractivity contribution in [1.82, 2.24) is 4.57 Å². The van der Waals surface area contributed by atoms with Gasteiger partial charge in [0, 0.05) is 34.2 Å². The van der Waals surface area contributed by atoms with Gasteiger partial charge in [0.1, 0.15) is 5.75 Å². The second-order valence-electron chi connectivity index (χ2n) is 9.34. The summed E-state index contributed by atoms with van der Waals surface area (Å²) in [5.41, 5.74) is 11.2. The van der Waals surface area contributed by atoms with Crippen molar-refractivity contribution in [3.05, 3.63) is 42.5 Å². The maximum atomic E-state index is 12.1. The van der Waals surface area contributed by atoms with Gasteiger partial charge in [0.25, 0.3) is 0 Å². The molecular formula is C26H33N3O3. The Morgan fingerprint density at radius 1 is 1.19 bits per heavy atom.